The normalized spacial score (nSPS) is 14.7. The summed E-state index contributed by atoms with van der Waals surface area (Å²) in [6, 6.07) is 4.75. The number of rotatable bonds is 5. The number of aliphatic carboxylic acids is 1. The van der Waals surface area contributed by atoms with Crippen LogP contribution >= 0.6 is 23.4 Å². The molecule has 1 aromatic carbocycles. The summed E-state index contributed by atoms with van der Waals surface area (Å²) in [4.78, 5) is 37.3. The Morgan fingerprint density at radius 3 is 2.52 bits per heavy atom. The van der Waals surface area contributed by atoms with E-state index in [1.807, 2.05) is 0 Å². The summed E-state index contributed by atoms with van der Waals surface area (Å²) >= 11 is 7.02. The lowest BCUT2D eigenvalue weighted by Crippen LogP contribution is -2.42. The maximum atomic E-state index is 12.9. The zero-order valence-electron chi connectivity index (χ0n) is 12.8. The van der Waals surface area contributed by atoms with Gasteiger partial charge in [0.2, 0.25) is 0 Å². The molecule has 0 bridgehead atoms. The third kappa shape index (κ3) is 4.48. The Morgan fingerprint density at radius 2 is 1.96 bits per heavy atom. The molecule has 1 amide bonds. The predicted octanol–water partition coefficient (Wildman–Crippen LogP) is 3.45. The minimum Gasteiger partial charge on any atom is -0.480 e. The van der Waals surface area contributed by atoms with Crippen LogP contribution in [0, 0.1) is 0 Å². The zero-order valence-corrected chi connectivity index (χ0v) is 14.3. The first kappa shape index (κ1) is 17.8. The molecule has 5 nitrogen and oxygen atoms in total. The van der Waals surface area contributed by atoms with Crippen molar-refractivity contribution < 1.29 is 19.5 Å². The summed E-state index contributed by atoms with van der Waals surface area (Å²) in [5.41, 5.74) is 0.283. The number of carboxylic acids is 1. The number of amides is 1. The van der Waals surface area contributed by atoms with Gasteiger partial charge >= 0.3 is 5.97 Å². The lowest BCUT2D eigenvalue weighted by Gasteiger charge is -2.28. The molecular weight excluding hydrogens is 338 g/mol. The van der Waals surface area contributed by atoms with Gasteiger partial charge in [-0.2, -0.15) is 0 Å². The van der Waals surface area contributed by atoms with Crippen molar-refractivity contribution in [1.29, 1.82) is 0 Å². The van der Waals surface area contributed by atoms with Crippen LogP contribution in [0.1, 0.15) is 43.0 Å². The molecule has 1 saturated carbocycles. The summed E-state index contributed by atoms with van der Waals surface area (Å²) < 4.78 is 0. The third-order valence-corrected chi connectivity index (χ3v) is 5.13. The van der Waals surface area contributed by atoms with Gasteiger partial charge < -0.3 is 10.0 Å². The summed E-state index contributed by atoms with van der Waals surface area (Å²) in [6.45, 7) is 1.05. The Bertz CT molecular complexity index is 629. The first-order valence-corrected chi connectivity index (χ1v) is 8.59. The van der Waals surface area contributed by atoms with E-state index in [-0.39, 0.29) is 29.2 Å². The molecule has 0 aromatic heterocycles. The summed E-state index contributed by atoms with van der Waals surface area (Å²) in [5.74, 6) is -1.43. The average molecular weight is 356 g/mol. The molecule has 0 aliphatic heterocycles. The van der Waals surface area contributed by atoms with Crippen molar-refractivity contribution in [3.05, 3.63) is 28.8 Å². The highest BCUT2D eigenvalue weighted by molar-refractivity contribution is 8.13. The highest BCUT2D eigenvalue weighted by Crippen LogP contribution is 2.33. The molecule has 1 aromatic rings. The van der Waals surface area contributed by atoms with E-state index < -0.39 is 5.97 Å². The van der Waals surface area contributed by atoms with Crippen LogP contribution in [0.4, 0.5) is 0 Å². The van der Waals surface area contributed by atoms with E-state index in [9.17, 15) is 14.4 Å². The molecule has 0 unspecified atom stereocenters. The monoisotopic (exact) mass is 355 g/mol. The number of nitrogens with zero attached hydrogens (tertiary/aromatic N) is 1. The molecule has 0 atom stereocenters. The molecular formula is C16H18ClNO4S. The lowest BCUT2D eigenvalue weighted by molar-refractivity contribution is -0.138. The van der Waals surface area contributed by atoms with E-state index in [0.29, 0.717) is 9.92 Å². The van der Waals surface area contributed by atoms with Crippen LogP contribution in [0.2, 0.25) is 5.02 Å². The third-order valence-electron chi connectivity index (χ3n) is 3.78. The molecule has 124 valence electrons. The minimum atomic E-state index is -1.05. The van der Waals surface area contributed by atoms with Crippen molar-refractivity contribution in [2.24, 2.45) is 0 Å². The largest absolute Gasteiger partial charge is 0.480 e. The van der Waals surface area contributed by atoms with Gasteiger partial charge in [0, 0.05) is 17.9 Å². The van der Waals surface area contributed by atoms with E-state index in [4.69, 9.17) is 16.7 Å². The van der Waals surface area contributed by atoms with E-state index in [1.54, 1.807) is 18.2 Å². The summed E-state index contributed by atoms with van der Waals surface area (Å²) in [5, 5.41) is 9.26. The first-order valence-electron chi connectivity index (χ1n) is 7.40. The number of halogens is 1. The molecule has 0 heterocycles. The van der Waals surface area contributed by atoms with Crippen molar-refractivity contribution in [2.75, 3.05) is 6.54 Å². The molecule has 0 spiro atoms. The van der Waals surface area contributed by atoms with Gasteiger partial charge in [0.05, 0.1) is 10.6 Å². The van der Waals surface area contributed by atoms with Gasteiger partial charge in [-0.1, -0.05) is 30.5 Å². The molecule has 1 aliphatic carbocycles. The first-order chi connectivity index (χ1) is 10.9. The van der Waals surface area contributed by atoms with Crippen LogP contribution < -0.4 is 0 Å². The Morgan fingerprint density at radius 1 is 1.30 bits per heavy atom. The Hall–Kier alpha value is -1.53. The molecule has 0 radical (unpaired) electrons. The van der Waals surface area contributed by atoms with Gasteiger partial charge in [-0.05, 0) is 36.7 Å². The smallest absolute Gasteiger partial charge is 0.323 e. The zero-order chi connectivity index (χ0) is 17.0. The predicted molar refractivity (Wildman–Crippen MR) is 88.9 cm³/mol. The molecule has 23 heavy (non-hydrogen) atoms. The summed E-state index contributed by atoms with van der Waals surface area (Å²) in [6.07, 6.45) is 3.57. The fraction of sp³-hybridized carbons (Fsp3) is 0.438. The number of carbonyl (C=O) groups excluding carboxylic acids is 2. The van der Waals surface area contributed by atoms with Crippen LogP contribution in [0.3, 0.4) is 0 Å². The number of hydrogen-bond donors (Lipinski definition) is 1. The highest BCUT2D eigenvalue weighted by atomic mass is 35.5. The van der Waals surface area contributed by atoms with E-state index in [1.165, 1.54) is 11.8 Å². The molecule has 1 N–H and O–H groups in total. The van der Waals surface area contributed by atoms with Crippen LogP contribution in [0.25, 0.3) is 0 Å². The average Bonchev–Trinajstić information content (AvgIpc) is 2.99. The number of thioether (sulfide) groups is 1. The van der Waals surface area contributed by atoms with Crippen LogP contribution in [-0.2, 0) is 9.59 Å². The standard InChI is InChI=1S/C16H18ClNO4S/c1-10(19)23-15-12(7-4-8-13(15)17)16(22)18(9-14(20)21)11-5-2-3-6-11/h4,7-8,11H,2-3,5-6,9H2,1H3,(H,20,21). The second-order valence-electron chi connectivity index (χ2n) is 5.48. The van der Waals surface area contributed by atoms with Crippen molar-refractivity contribution in [3.63, 3.8) is 0 Å². The van der Waals surface area contributed by atoms with Crippen molar-refractivity contribution in [1.82, 2.24) is 4.90 Å². The number of benzene rings is 1. The van der Waals surface area contributed by atoms with Gasteiger partial charge in [-0.25, -0.2) is 0 Å². The van der Waals surface area contributed by atoms with E-state index in [0.717, 1.165) is 37.4 Å². The maximum Gasteiger partial charge on any atom is 0.323 e. The van der Waals surface area contributed by atoms with Gasteiger partial charge in [0.25, 0.3) is 5.91 Å². The fourth-order valence-corrected chi connectivity index (χ4v) is 3.82. The van der Waals surface area contributed by atoms with Crippen LogP contribution in [0.15, 0.2) is 23.1 Å². The van der Waals surface area contributed by atoms with Gasteiger partial charge in [0.1, 0.15) is 6.54 Å². The molecule has 1 fully saturated rings. The fourth-order valence-electron chi connectivity index (χ4n) is 2.81. The Balaban J connectivity index is 2.37. The molecule has 1 aliphatic rings. The van der Waals surface area contributed by atoms with Crippen molar-refractivity contribution in [2.45, 2.75) is 43.5 Å². The van der Waals surface area contributed by atoms with Gasteiger partial charge in [0.15, 0.2) is 5.12 Å². The van der Waals surface area contributed by atoms with Crippen molar-refractivity contribution >= 4 is 40.4 Å². The number of carboxylic acid groups (broad SMARTS) is 1. The second-order valence-corrected chi connectivity index (χ2v) is 7.07. The summed E-state index contributed by atoms with van der Waals surface area (Å²) in [7, 11) is 0. The lowest BCUT2D eigenvalue weighted by atomic mass is 10.1. The number of hydrogen-bond acceptors (Lipinski definition) is 4. The molecule has 2 rings (SSSR count). The Labute approximate surface area is 144 Å². The SMILES string of the molecule is CC(=O)Sc1c(Cl)cccc1C(=O)N(CC(=O)O)C1CCCC1. The second kappa shape index (κ2) is 7.84. The highest BCUT2D eigenvalue weighted by Gasteiger charge is 2.30. The molecule has 0 saturated heterocycles. The molecule has 7 heteroatoms. The van der Waals surface area contributed by atoms with Crippen LogP contribution in [-0.4, -0.2) is 39.6 Å². The van der Waals surface area contributed by atoms with Gasteiger partial charge in [-0.3, -0.25) is 14.4 Å². The van der Waals surface area contributed by atoms with Gasteiger partial charge in [-0.15, -0.1) is 0 Å². The maximum absolute atomic E-state index is 12.9. The topological polar surface area (TPSA) is 74.7 Å². The minimum absolute atomic E-state index is 0.0761. The van der Waals surface area contributed by atoms with Crippen molar-refractivity contribution in [3.8, 4) is 0 Å². The van der Waals surface area contributed by atoms with E-state index >= 15 is 0 Å². The van der Waals surface area contributed by atoms with Crippen LogP contribution in [0.5, 0.6) is 0 Å². The number of carbonyl (C=O) groups is 3. The Kier molecular flexibility index (Phi) is 6.07. The van der Waals surface area contributed by atoms with E-state index in [2.05, 4.69) is 0 Å². The quantitative estimate of drug-likeness (QED) is 0.819.